The third kappa shape index (κ3) is 3.52. The zero-order valence-corrected chi connectivity index (χ0v) is 10.8. The highest BCUT2D eigenvalue weighted by atomic mass is 32.2. The van der Waals surface area contributed by atoms with Crippen LogP contribution in [0.1, 0.15) is 5.82 Å². The molecule has 0 saturated carbocycles. The zero-order chi connectivity index (χ0) is 13.7. The number of benzene rings is 1. The van der Waals surface area contributed by atoms with Crippen LogP contribution in [0.5, 0.6) is 0 Å². The molecule has 2 aromatic rings. The molecule has 0 radical (unpaired) electrons. The lowest BCUT2D eigenvalue weighted by Crippen LogP contribution is -2.32. The second-order valence-electron chi connectivity index (χ2n) is 3.80. The van der Waals surface area contributed by atoms with Gasteiger partial charge in [-0.25, -0.2) is 0 Å². The Bertz CT molecular complexity index is 545. The van der Waals surface area contributed by atoms with Crippen molar-refractivity contribution in [1.29, 1.82) is 0 Å². The van der Waals surface area contributed by atoms with E-state index in [4.69, 9.17) is 10.8 Å². The van der Waals surface area contributed by atoms with E-state index in [1.807, 2.05) is 30.3 Å². The topological polar surface area (TPSA) is 107 Å². The highest BCUT2D eigenvalue weighted by molar-refractivity contribution is 7.98. The van der Waals surface area contributed by atoms with Gasteiger partial charge in [0.1, 0.15) is 6.04 Å². The van der Waals surface area contributed by atoms with Gasteiger partial charge < -0.3 is 10.8 Å². The van der Waals surface area contributed by atoms with Crippen LogP contribution in [0.4, 0.5) is 0 Å². The third-order valence-corrected chi connectivity index (χ3v) is 3.44. The summed E-state index contributed by atoms with van der Waals surface area (Å²) in [6, 6.07) is 8.63. The van der Waals surface area contributed by atoms with Crippen LogP contribution in [0.2, 0.25) is 0 Å². The normalized spacial score (nSPS) is 12.3. The van der Waals surface area contributed by atoms with Crippen molar-refractivity contribution in [3.05, 3.63) is 36.2 Å². The maximum atomic E-state index is 10.6. The van der Waals surface area contributed by atoms with Gasteiger partial charge in [0.15, 0.2) is 5.82 Å². The van der Waals surface area contributed by atoms with Crippen LogP contribution in [-0.4, -0.2) is 43.1 Å². The third-order valence-electron chi connectivity index (χ3n) is 2.38. The SMILES string of the molecule is NC(CSCc1nnnn1-c1ccccc1)C(=O)O. The molecule has 0 saturated heterocycles. The molecule has 19 heavy (non-hydrogen) atoms. The largest absolute Gasteiger partial charge is 0.480 e. The Hall–Kier alpha value is -1.93. The lowest BCUT2D eigenvalue weighted by Gasteiger charge is -2.06. The van der Waals surface area contributed by atoms with Gasteiger partial charge in [-0.3, -0.25) is 4.79 Å². The quantitative estimate of drug-likeness (QED) is 0.783. The van der Waals surface area contributed by atoms with Crippen LogP contribution in [-0.2, 0) is 10.5 Å². The van der Waals surface area contributed by atoms with Crippen molar-refractivity contribution in [1.82, 2.24) is 20.2 Å². The zero-order valence-electron chi connectivity index (χ0n) is 10.0. The number of carboxylic acids is 1. The fourth-order valence-corrected chi connectivity index (χ4v) is 2.29. The van der Waals surface area contributed by atoms with E-state index in [0.29, 0.717) is 17.3 Å². The van der Waals surface area contributed by atoms with Gasteiger partial charge in [0, 0.05) is 5.75 Å². The highest BCUT2D eigenvalue weighted by Crippen LogP contribution is 2.13. The Kier molecular flexibility index (Phi) is 4.48. The summed E-state index contributed by atoms with van der Waals surface area (Å²) in [6.07, 6.45) is 0. The van der Waals surface area contributed by atoms with Gasteiger partial charge >= 0.3 is 5.97 Å². The maximum absolute atomic E-state index is 10.6. The minimum atomic E-state index is -1.00. The lowest BCUT2D eigenvalue weighted by atomic mass is 10.3. The van der Waals surface area contributed by atoms with Crippen LogP contribution in [0.25, 0.3) is 5.69 Å². The van der Waals surface area contributed by atoms with Gasteiger partial charge in [-0.2, -0.15) is 16.4 Å². The summed E-state index contributed by atoms with van der Waals surface area (Å²) in [4.78, 5) is 10.6. The Morgan fingerprint density at radius 3 is 2.84 bits per heavy atom. The number of nitrogens with zero attached hydrogens (tertiary/aromatic N) is 4. The number of hydrogen-bond acceptors (Lipinski definition) is 6. The van der Waals surface area contributed by atoms with Gasteiger partial charge in [0.05, 0.1) is 11.4 Å². The van der Waals surface area contributed by atoms with E-state index in [1.165, 1.54) is 11.8 Å². The number of para-hydroxylation sites is 1. The summed E-state index contributed by atoms with van der Waals surface area (Å²) >= 11 is 1.39. The molecule has 1 aromatic heterocycles. The standard InChI is InChI=1S/C11H13N5O2S/c12-9(11(17)18)6-19-7-10-13-14-15-16(10)8-4-2-1-3-5-8/h1-5,9H,6-7,12H2,(H,17,18). The van der Waals surface area contributed by atoms with Crippen molar-refractivity contribution in [2.24, 2.45) is 5.73 Å². The van der Waals surface area contributed by atoms with Gasteiger partial charge in [-0.1, -0.05) is 18.2 Å². The molecule has 2 rings (SSSR count). The average molecular weight is 279 g/mol. The molecule has 1 atom stereocenters. The maximum Gasteiger partial charge on any atom is 0.321 e. The first-order chi connectivity index (χ1) is 9.18. The van der Waals surface area contributed by atoms with E-state index in [9.17, 15) is 4.79 Å². The molecule has 0 fully saturated rings. The number of aromatic nitrogens is 4. The van der Waals surface area contributed by atoms with Gasteiger partial charge in [0.25, 0.3) is 0 Å². The Labute approximate surface area is 113 Å². The fraction of sp³-hybridized carbons (Fsp3) is 0.273. The molecule has 0 spiro atoms. The summed E-state index contributed by atoms with van der Waals surface area (Å²) < 4.78 is 1.62. The molecule has 1 aromatic carbocycles. The molecule has 0 aliphatic rings. The summed E-state index contributed by atoms with van der Waals surface area (Å²) in [5, 5.41) is 20.2. The second-order valence-corrected chi connectivity index (χ2v) is 4.83. The fourth-order valence-electron chi connectivity index (χ4n) is 1.41. The van der Waals surface area contributed by atoms with Crippen LogP contribution in [0.3, 0.4) is 0 Å². The first-order valence-electron chi connectivity index (χ1n) is 5.57. The van der Waals surface area contributed by atoms with Crippen molar-refractivity contribution in [3.63, 3.8) is 0 Å². The first-order valence-corrected chi connectivity index (χ1v) is 6.73. The van der Waals surface area contributed by atoms with Gasteiger partial charge in [0.2, 0.25) is 0 Å². The Morgan fingerprint density at radius 2 is 2.16 bits per heavy atom. The number of thioether (sulfide) groups is 1. The first kappa shape index (κ1) is 13.5. The molecular weight excluding hydrogens is 266 g/mol. The smallest absolute Gasteiger partial charge is 0.321 e. The molecule has 0 bridgehead atoms. The number of nitrogens with two attached hydrogens (primary N) is 1. The molecular formula is C11H13N5O2S. The van der Waals surface area contributed by atoms with Crippen molar-refractivity contribution in [2.75, 3.05) is 5.75 Å². The number of carbonyl (C=O) groups is 1. The van der Waals surface area contributed by atoms with E-state index in [2.05, 4.69) is 15.5 Å². The Morgan fingerprint density at radius 1 is 1.42 bits per heavy atom. The number of rotatable bonds is 6. The van der Waals surface area contributed by atoms with Gasteiger partial charge in [-0.15, -0.1) is 5.10 Å². The van der Waals surface area contributed by atoms with Crippen LogP contribution >= 0.6 is 11.8 Å². The molecule has 3 N–H and O–H groups in total. The number of aliphatic carboxylic acids is 1. The monoisotopic (exact) mass is 279 g/mol. The molecule has 1 unspecified atom stereocenters. The molecule has 0 aliphatic carbocycles. The van der Waals surface area contributed by atoms with Crippen LogP contribution < -0.4 is 5.73 Å². The molecule has 7 nitrogen and oxygen atoms in total. The van der Waals surface area contributed by atoms with E-state index in [0.717, 1.165) is 5.69 Å². The Balaban J connectivity index is 1.99. The number of hydrogen-bond donors (Lipinski definition) is 2. The summed E-state index contributed by atoms with van der Waals surface area (Å²) in [6.45, 7) is 0. The summed E-state index contributed by atoms with van der Waals surface area (Å²) in [5.74, 6) is 0.476. The molecule has 0 aliphatic heterocycles. The van der Waals surface area contributed by atoms with E-state index >= 15 is 0 Å². The molecule has 8 heteroatoms. The van der Waals surface area contributed by atoms with E-state index < -0.39 is 12.0 Å². The second kappa shape index (κ2) is 6.30. The van der Waals surface area contributed by atoms with Crippen molar-refractivity contribution in [3.8, 4) is 5.69 Å². The minimum Gasteiger partial charge on any atom is -0.480 e. The number of tetrazole rings is 1. The van der Waals surface area contributed by atoms with Crippen LogP contribution in [0.15, 0.2) is 30.3 Å². The molecule has 0 amide bonds. The molecule has 1 heterocycles. The minimum absolute atomic E-state index is 0.316. The number of carboxylic acid groups (broad SMARTS) is 1. The average Bonchev–Trinajstić information content (AvgIpc) is 2.88. The molecule has 100 valence electrons. The van der Waals surface area contributed by atoms with E-state index in [1.54, 1.807) is 4.68 Å². The van der Waals surface area contributed by atoms with E-state index in [-0.39, 0.29) is 0 Å². The van der Waals surface area contributed by atoms with Crippen molar-refractivity contribution >= 4 is 17.7 Å². The summed E-state index contributed by atoms with van der Waals surface area (Å²) in [7, 11) is 0. The lowest BCUT2D eigenvalue weighted by molar-refractivity contribution is -0.137. The van der Waals surface area contributed by atoms with Crippen molar-refractivity contribution < 1.29 is 9.90 Å². The van der Waals surface area contributed by atoms with Crippen LogP contribution in [0, 0.1) is 0 Å². The van der Waals surface area contributed by atoms with Gasteiger partial charge in [-0.05, 0) is 22.6 Å². The predicted molar refractivity (Wildman–Crippen MR) is 70.9 cm³/mol. The summed E-state index contributed by atoms with van der Waals surface area (Å²) in [5.41, 5.74) is 6.29. The predicted octanol–water partition coefficient (Wildman–Crippen LogP) is 0.307. The van der Waals surface area contributed by atoms with Crippen molar-refractivity contribution in [2.45, 2.75) is 11.8 Å². The highest BCUT2D eigenvalue weighted by Gasteiger charge is 2.13.